The maximum atomic E-state index is 12.1. The summed E-state index contributed by atoms with van der Waals surface area (Å²) >= 11 is 1.83. The second kappa shape index (κ2) is 6.83. The van der Waals surface area contributed by atoms with Gasteiger partial charge < -0.3 is 10.2 Å². The number of rotatable bonds is 6. The van der Waals surface area contributed by atoms with Gasteiger partial charge in [-0.1, -0.05) is 0 Å². The van der Waals surface area contributed by atoms with Crippen molar-refractivity contribution in [1.82, 2.24) is 4.72 Å². The van der Waals surface area contributed by atoms with Gasteiger partial charge in [0, 0.05) is 9.61 Å². The van der Waals surface area contributed by atoms with Crippen LogP contribution in [0.25, 0.3) is 0 Å². The minimum absolute atomic E-state index is 0.0587. The monoisotopic (exact) mass is 413 g/mol. The third-order valence-electron chi connectivity index (χ3n) is 2.53. The number of sulfonamides is 1. The molecule has 0 saturated carbocycles. The molecule has 0 saturated heterocycles. The fourth-order valence-corrected chi connectivity index (χ4v) is 3.58. The third-order valence-corrected chi connectivity index (χ3v) is 5.06. The zero-order valence-electron chi connectivity index (χ0n) is 11.0. The van der Waals surface area contributed by atoms with E-state index in [-0.39, 0.29) is 16.9 Å². The Morgan fingerprint density at radius 3 is 2.50 bits per heavy atom. The lowest BCUT2D eigenvalue weighted by molar-refractivity contribution is 0.0695. The SMILES string of the molecule is CC(O)CC(C)NS(=O)(=O)c1ccc(I)c(C(=O)O)c1. The summed E-state index contributed by atoms with van der Waals surface area (Å²) in [4.78, 5) is 10.9. The maximum Gasteiger partial charge on any atom is 0.336 e. The van der Waals surface area contributed by atoms with Crippen molar-refractivity contribution in [2.45, 2.75) is 37.3 Å². The van der Waals surface area contributed by atoms with Crippen LogP contribution >= 0.6 is 22.6 Å². The highest BCUT2D eigenvalue weighted by molar-refractivity contribution is 14.1. The Hall–Kier alpha value is -0.710. The summed E-state index contributed by atoms with van der Waals surface area (Å²) in [5.41, 5.74) is -0.0587. The number of carboxylic acids is 1. The molecule has 0 radical (unpaired) electrons. The second-order valence-corrected chi connectivity index (χ2v) is 7.43. The summed E-state index contributed by atoms with van der Waals surface area (Å²) in [5, 5.41) is 18.2. The molecule has 0 aliphatic rings. The van der Waals surface area contributed by atoms with Gasteiger partial charge in [-0.2, -0.15) is 0 Å². The van der Waals surface area contributed by atoms with Gasteiger partial charge in [0.2, 0.25) is 10.0 Å². The van der Waals surface area contributed by atoms with Crippen LogP contribution in [0.2, 0.25) is 0 Å². The van der Waals surface area contributed by atoms with Crippen molar-refractivity contribution in [3.63, 3.8) is 0 Å². The van der Waals surface area contributed by atoms with Crippen LogP contribution in [-0.2, 0) is 10.0 Å². The standard InChI is InChI=1S/C12H16INO5S/c1-7(5-8(2)15)14-20(18,19)9-3-4-11(13)10(6-9)12(16)17/h3-4,6-8,14-15H,5H2,1-2H3,(H,16,17). The Labute approximate surface area is 131 Å². The van der Waals surface area contributed by atoms with Crippen LogP contribution in [0.5, 0.6) is 0 Å². The summed E-state index contributed by atoms with van der Waals surface area (Å²) in [7, 11) is -3.81. The largest absolute Gasteiger partial charge is 0.478 e. The van der Waals surface area contributed by atoms with Crippen LogP contribution in [0.15, 0.2) is 23.1 Å². The molecule has 1 rings (SSSR count). The molecule has 0 fully saturated rings. The van der Waals surface area contributed by atoms with E-state index >= 15 is 0 Å². The Morgan fingerprint density at radius 2 is 2.00 bits per heavy atom. The number of hydrogen-bond donors (Lipinski definition) is 3. The average molecular weight is 413 g/mol. The summed E-state index contributed by atoms with van der Waals surface area (Å²) in [6.45, 7) is 3.20. The van der Waals surface area contributed by atoms with Gasteiger partial charge in [-0.25, -0.2) is 17.9 Å². The fourth-order valence-electron chi connectivity index (χ4n) is 1.73. The van der Waals surface area contributed by atoms with E-state index in [1.165, 1.54) is 12.1 Å². The van der Waals surface area contributed by atoms with E-state index in [1.807, 2.05) is 22.6 Å². The quantitative estimate of drug-likeness (QED) is 0.613. The number of benzene rings is 1. The molecule has 0 aromatic heterocycles. The first-order chi connectivity index (χ1) is 9.13. The minimum atomic E-state index is -3.81. The Kier molecular flexibility index (Phi) is 5.92. The molecule has 0 aliphatic carbocycles. The molecule has 6 nitrogen and oxygen atoms in total. The Balaban J connectivity index is 3.04. The van der Waals surface area contributed by atoms with E-state index in [1.54, 1.807) is 13.8 Å². The maximum absolute atomic E-state index is 12.1. The van der Waals surface area contributed by atoms with Crippen molar-refractivity contribution >= 4 is 38.6 Å². The first-order valence-corrected chi connectivity index (χ1v) is 8.43. The van der Waals surface area contributed by atoms with Gasteiger partial charge >= 0.3 is 5.97 Å². The molecule has 2 atom stereocenters. The Bertz CT molecular complexity index is 600. The van der Waals surface area contributed by atoms with E-state index in [2.05, 4.69) is 4.72 Å². The van der Waals surface area contributed by atoms with Gasteiger partial charge in [0.15, 0.2) is 0 Å². The van der Waals surface area contributed by atoms with Crippen LogP contribution in [0.4, 0.5) is 0 Å². The number of aliphatic hydroxyl groups excluding tert-OH is 1. The summed E-state index contributed by atoms with van der Waals surface area (Å²) < 4.78 is 27.1. The second-order valence-electron chi connectivity index (χ2n) is 4.55. The smallest absolute Gasteiger partial charge is 0.336 e. The highest BCUT2D eigenvalue weighted by Gasteiger charge is 2.20. The van der Waals surface area contributed by atoms with Gasteiger partial charge in [0.1, 0.15) is 0 Å². The number of halogens is 1. The molecule has 0 aliphatic heterocycles. The molecular formula is C12H16INO5S. The van der Waals surface area contributed by atoms with E-state index in [0.717, 1.165) is 6.07 Å². The normalized spacial score (nSPS) is 14.8. The summed E-state index contributed by atoms with van der Waals surface area (Å²) in [6, 6.07) is 3.47. The molecule has 1 aromatic carbocycles. The number of aliphatic hydroxyl groups is 1. The molecule has 8 heteroatoms. The topological polar surface area (TPSA) is 104 Å². The van der Waals surface area contributed by atoms with Crippen LogP contribution in [0.3, 0.4) is 0 Å². The van der Waals surface area contributed by atoms with Gasteiger partial charge in [0.05, 0.1) is 16.6 Å². The number of hydrogen-bond acceptors (Lipinski definition) is 4. The highest BCUT2D eigenvalue weighted by Crippen LogP contribution is 2.18. The third kappa shape index (κ3) is 4.69. The molecule has 0 heterocycles. The molecule has 0 spiro atoms. The highest BCUT2D eigenvalue weighted by atomic mass is 127. The van der Waals surface area contributed by atoms with Gasteiger partial charge in [0.25, 0.3) is 0 Å². The summed E-state index contributed by atoms with van der Waals surface area (Å²) in [5.74, 6) is -1.18. The predicted molar refractivity (Wildman–Crippen MR) is 82.2 cm³/mol. The molecule has 1 aromatic rings. The van der Waals surface area contributed by atoms with Crippen molar-refractivity contribution in [2.24, 2.45) is 0 Å². The predicted octanol–water partition coefficient (Wildman–Crippen LogP) is 1.43. The molecule has 20 heavy (non-hydrogen) atoms. The van der Waals surface area contributed by atoms with Crippen molar-refractivity contribution in [3.05, 3.63) is 27.3 Å². The fraction of sp³-hybridized carbons (Fsp3) is 0.417. The van der Waals surface area contributed by atoms with Crippen LogP contribution in [0.1, 0.15) is 30.6 Å². The first-order valence-electron chi connectivity index (χ1n) is 5.86. The molecular weight excluding hydrogens is 397 g/mol. The van der Waals surface area contributed by atoms with Crippen LogP contribution < -0.4 is 4.72 Å². The first kappa shape index (κ1) is 17.3. The average Bonchev–Trinajstić information content (AvgIpc) is 2.26. The van der Waals surface area contributed by atoms with Crippen molar-refractivity contribution < 1.29 is 23.4 Å². The van der Waals surface area contributed by atoms with E-state index in [9.17, 15) is 18.3 Å². The molecule has 3 N–H and O–H groups in total. The molecule has 0 amide bonds. The van der Waals surface area contributed by atoms with Gasteiger partial charge in [-0.05, 0) is 61.1 Å². The number of carboxylic acid groups (broad SMARTS) is 1. The number of aromatic carboxylic acids is 1. The summed E-state index contributed by atoms with van der Waals surface area (Å²) in [6.07, 6.45) is -0.353. The van der Waals surface area contributed by atoms with Crippen LogP contribution in [0, 0.1) is 3.57 Å². The van der Waals surface area contributed by atoms with E-state index < -0.39 is 28.1 Å². The van der Waals surface area contributed by atoms with E-state index in [0.29, 0.717) is 3.57 Å². The van der Waals surface area contributed by atoms with E-state index in [4.69, 9.17) is 5.11 Å². The zero-order chi connectivity index (χ0) is 15.5. The molecule has 0 bridgehead atoms. The molecule has 112 valence electrons. The van der Waals surface area contributed by atoms with Crippen molar-refractivity contribution in [1.29, 1.82) is 0 Å². The lowest BCUT2D eigenvalue weighted by Crippen LogP contribution is -2.34. The number of nitrogens with one attached hydrogen (secondary N) is 1. The van der Waals surface area contributed by atoms with Crippen molar-refractivity contribution in [2.75, 3.05) is 0 Å². The minimum Gasteiger partial charge on any atom is -0.478 e. The van der Waals surface area contributed by atoms with Crippen molar-refractivity contribution in [3.8, 4) is 0 Å². The number of carbonyl (C=O) groups is 1. The van der Waals surface area contributed by atoms with Crippen LogP contribution in [-0.4, -0.2) is 36.7 Å². The lowest BCUT2D eigenvalue weighted by atomic mass is 10.2. The molecule has 2 unspecified atom stereocenters. The van der Waals surface area contributed by atoms with Gasteiger partial charge in [-0.15, -0.1) is 0 Å². The van der Waals surface area contributed by atoms with Gasteiger partial charge in [-0.3, -0.25) is 0 Å². The Morgan fingerprint density at radius 1 is 1.40 bits per heavy atom. The zero-order valence-corrected chi connectivity index (χ0v) is 14.0. The lowest BCUT2D eigenvalue weighted by Gasteiger charge is -2.16.